The van der Waals surface area contributed by atoms with Crippen LogP contribution in [-0.4, -0.2) is 48.5 Å². The lowest BCUT2D eigenvalue weighted by Crippen LogP contribution is -2.27. The molecule has 0 bridgehead atoms. The molecule has 0 heterocycles. The van der Waals surface area contributed by atoms with Crippen LogP contribution in [0.5, 0.6) is 0 Å². The quantitative estimate of drug-likeness (QED) is 0.764. The van der Waals surface area contributed by atoms with Crippen molar-refractivity contribution < 1.29 is 16.8 Å². The molecule has 0 saturated carbocycles. The minimum atomic E-state index is -3.93. The van der Waals surface area contributed by atoms with E-state index < -0.39 is 19.9 Å². The summed E-state index contributed by atoms with van der Waals surface area (Å²) in [6, 6.07) is 13.2. The van der Waals surface area contributed by atoms with Gasteiger partial charge in [-0.3, -0.25) is 0 Å². The first-order chi connectivity index (χ1) is 11.5. The summed E-state index contributed by atoms with van der Waals surface area (Å²) in [5.74, 6) is 0. The summed E-state index contributed by atoms with van der Waals surface area (Å²) in [5.41, 5.74) is 1.82. The molecular weight excluding hydrogens is 360 g/mol. The van der Waals surface area contributed by atoms with Gasteiger partial charge >= 0.3 is 0 Å². The van der Waals surface area contributed by atoms with E-state index in [2.05, 4.69) is 0 Å². The summed E-state index contributed by atoms with van der Waals surface area (Å²) in [6.07, 6.45) is 1.00. The van der Waals surface area contributed by atoms with Crippen LogP contribution in [0.4, 0.5) is 5.69 Å². The standard InChI is InChI=1S/C17H22N2O4S2/c1-18(2)15-11-9-14(10-12-15)13-19(3)25(22,23)17-8-6-5-7-16(17)24(4,20)21/h5-12H,13H2,1-4H3. The normalized spacial score (nSPS) is 12.4. The highest BCUT2D eigenvalue weighted by Gasteiger charge is 2.27. The smallest absolute Gasteiger partial charge is 0.244 e. The SMILES string of the molecule is CN(C)c1ccc(CN(C)S(=O)(=O)c2ccccc2S(C)(=O)=O)cc1. The Morgan fingerprint density at radius 1 is 0.800 bits per heavy atom. The zero-order chi connectivity index (χ0) is 18.8. The van der Waals surface area contributed by atoms with Crippen LogP contribution in [0.3, 0.4) is 0 Å². The minimum Gasteiger partial charge on any atom is -0.378 e. The van der Waals surface area contributed by atoms with Gasteiger partial charge < -0.3 is 4.90 Å². The molecule has 0 aromatic heterocycles. The molecule has 0 unspecified atom stereocenters. The van der Waals surface area contributed by atoms with Crippen LogP contribution < -0.4 is 4.90 Å². The van der Waals surface area contributed by atoms with Gasteiger partial charge in [-0.2, -0.15) is 4.31 Å². The van der Waals surface area contributed by atoms with E-state index in [1.54, 1.807) is 0 Å². The average molecular weight is 383 g/mol. The fourth-order valence-electron chi connectivity index (χ4n) is 2.38. The van der Waals surface area contributed by atoms with E-state index in [1.165, 1.54) is 31.3 Å². The van der Waals surface area contributed by atoms with Crippen molar-refractivity contribution in [3.05, 3.63) is 54.1 Å². The molecule has 0 aliphatic rings. The second-order valence-corrected chi connectivity index (χ2v) is 10.0. The van der Waals surface area contributed by atoms with Crippen molar-refractivity contribution in [2.45, 2.75) is 16.3 Å². The van der Waals surface area contributed by atoms with Crippen molar-refractivity contribution in [2.24, 2.45) is 0 Å². The molecule has 2 rings (SSSR count). The lowest BCUT2D eigenvalue weighted by molar-refractivity contribution is 0.464. The Morgan fingerprint density at radius 2 is 1.32 bits per heavy atom. The molecule has 0 aliphatic carbocycles. The molecule has 0 N–H and O–H groups in total. The maximum atomic E-state index is 12.8. The van der Waals surface area contributed by atoms with Crippen molar-refractivity contribution in [2.75, 3.05) is 32.3 Å². The molecule has 6 nitrogen and oxygen atoms in total. The van der Waals surface area contributed by atoms with E-state index in [9.17, 15) is 16.8 Å². The molecule has 0 atom stereocenters. The zero-order valence-corrected chi connectivity index (χ0v) is 16.3. The predicted molar refractivity (Wildman–Crippen MR) is 99.0 cm³/mol. The van der Waals surface area contributed by atoms with Crippen LogP contribution in [0.1, 0.15) is 5.56 Å². The van der Waals surface area contributed by atoms with Gasteiger partial charge in [-0.1, -0.05) is 24.3 Å². The molecule has 2 aromatic carbocycles. The maximum absolute atomic E-state index is 12.8. The van der Waals surface area contributed by atoms with Crippen LogP contribution in [0.25, 0.3) is 0 Å². The number of sulfone groups is 1. The van der Waals surface area contributed by atoms with Gasteiger partial charge in [0.05, 0.1) is 4.90 Å². The van der Waals surface area contributed by atoms with Crippen molar-refractivity contribution in [3.8, 4) is 0 Å². The first kappa shape index (κ1) is 19.4. The number of hydrogen-bond acceptors (Lipinski definition) is 5. The van der Waals surface area contributed by atoms with E-state index in [0.717, 1.165) is 21.8 Å². The Labute approximate surface area is 149 Å². The summed E-state index contributed by atoms with van der Waals surface area (Å²) in [7, 11) is -2.30. The fourth-order valence-corrected chi connectivity index (χ4v) is 5.14. The van der Waals surface area contributed by atoms with Gasteiger partial charge in [0.15, 0.2) is 9.84 Å². The second kappa shape index (κ2) is 7.15. The third-order valence-corrected chi connectivity index (χ3v) is 6.94. The van der Waals surface area contributed by atoms with E-state index in [4.69, 9.17) is 0 Å². The first-order valence-electron chi connectivity index (χ1n) is 7.55. The third kappa shape index (κ3) is 4.39. The van der Waals surface area contributed by atoms with Crippen molar-refractivity contribution in [1.82, 2.24) is 4.31 Å². The number of nitrogens with zero attached hydrogens (tertiary/aromatic N) is 2. The van der Waals surface area contributed by atoms with Gasteiger partial charge in [0.2, 0.25) is 10.0 Å². The molecule has 8 heteroatoms. The number of hydrogen-bond donors (Lipinski definition) is 0. The molecule has 0 saturated heterocycles. The van der Waals surface area contributed by atoms with Crippen LogP contribution in [0, 0.1) is 0 Å². The fraction of sp³-hybridized carbons (Fsp3) is 0.294. The number of sulfonamides is 1. The molecule has 0 fully saturated rings. The van der Waals surface area contributed by atoms with Crippen molar-refractivity contribution in [1.29, 1.82) is 0 Å². The van der Waals surface area contributed by atoms with Gasteiger partial charge in [-0.05, 0) is 29.8 Å². The molecule has 2 aromatic rings. The Hall–Kier alpha value is -1.90. The highest BCUT2D eigenvalue weighted by atomic mass is 32.2. The zero-order valence-electron chi connectivity index (χ0n) is 14.7. The number of benzene rings is 2. The summed E-state index contributed by atoms with van der Waals surface area (Å²) in [6.45, 7) is 0.147. The predicted octanol–water partition coefficient (Wildman–Crippen LogP) is 1.98. The molecule has 136 valence electrons. The molecule has 25 heavy (non-hydrogen) atoms. The third-order valence-electron chi connectivity index (χ3n) is 3.79. The molecule has 0 spiro atoms. The van der Waals surface area contributed by atoms with E-state index in [-0.39, 0.29) is 16.3 Å². The summed E-state index contributed by atoms with van der Waals surface area (Å²) < 4.78 is 50.6. The average Bonchev–Trinajstić information content (AvgIpc) is 2.54. The second-order valence-electron chi connectivity index (χ2n) is 6.04. The van der Waals surface area contributed by atoms with Gasteiger partial charge in [-0.25, -0.2) is 16.8 Å². The van der Waals surface area contributed by atoms with Crippen molar-refractivity contribution >= 4 is 25.5 Å². The summed E-state index contributed by atoms with van der Waals surface area (Å²) in [4.78, 5) is 1.56. The van der Waals surface area contributed by atoms with Crippen LogP contribution >= 0.6 is 0 Å². The van der Waals surface area contributed by atoms with Crippen molar-refractivity contribution in [3.63, 3.8) is 0 Å². The highest BCUT2D eigenvalue weighted by molar-refractivity contribution is 7.93. The van der Waals surface area contributed by atoms with E-state index in [1.807, 2.05) is 43.3 Å². The Kier molecular flexibility index (Phi) is 5.55. The van der Waals surface area contributed by atoms with E-state index >= 15 is 0 Å². The number of rotatable bonds is 6. The first-order valence-corrected chi connectivity index (χ1v) is 10.9. The largest absolute Gasteiger partial charge is 0.378 e. The molecule has 0 aliphatic heterocycles. The van der Waals surface area contributed by atoms with Crippen LogP contribution in [0.2, 0.25) is 0 Å². The molecule has 0 amide bonds. The van der Waals surface area contributed by atoms with Crippen LogP contribution in [0.15, 0.2) is 58.3 Å². The minimum absolute atomic E-state index is 0.147. The Balaban J connectivity index is 2.34. The number of anilines is 1. The van der Waals surface area contributed by atoms with E-state index in [0.29, 0.717) is 0 Å². The summed E-state index contributed by atoms with van der Waals surface area (Å²) in [5, 5.41) is 0. The van der Waals surface area contributed by atoms with Gasteiger partial charge in [0.1, 0.15) is 4.90 Å². The maximum Gasteiger partial charge on any atom is 0.244 e. The lowest BCUT2D eigenvalue weighted by atomic mass is 10.2. The highest BCUT2D eigenvalue weighted by Crippen LogP contribution is 2.24. The lowest BCUT2D eigenvalue weighted by Gasteiger charge is -2.19. The van der Waals surface area contributed by atoms with Crippen LogP contribution in [-0.2, 0) is 26.4 Å². The van der Waals surface area contributed by atoms with Gasteiger partial charge in [0, 0.05) is 39.6 Å². The molecular formula is C17H22N2O4S2. The molecule has 0 radical (unpaired) electrons. The van der Waals surface area contributed by atoms with Gasteiger partial charge in [0.25, 0.3) is 0 Å². The monoisotopic (exact) mass is 382 g/mol. The topological polar surface area (TPSA) is 74.8 Å². The Morgan fingerprint density at radius 3 is 1.80 bits per heavy atom. The van der Waals surface area contributed by atoms with Gasteiger partial charge in [-0.15, -0.1) is 0 Å². The Bertz CT molecular complexity index is 950. The summed E-state index contributed by atoms with van der Waals surface area (Å²) >= 11 is 0.